The zero-order chi connectivity index (χ0) is 19.6. The fourth-order valence-electron chi connectivity index (χ4n) is 3.70. The molecule has 29 heavy (non-hydrogen) atoms. The van der Waals surface area contributed by atoms with Gasteiger partial charge in [-0.05, 0) is 39.5 Å². The SMILES string of the molecule is Brc1cncc(-c2cc(N3CCc4ccccc4C3)nc(-c3ccccc3)n2)c1. The maximum absolute atomic E-state index is 4.93. The molecular formula is C24H19BrN4. The third-order valence-corrected chi connectivity index (χ3v) is 5.63. The van der Waals surface area contributed by atoms with Crippen molar-refractivity contribution in [2.24, 2.45) is 0 Å². The molecule has 0 spiro atoms. The Hall–Kier alpha value is -3.05. The minimum Gasteiger partial charge on any atom is -0.352 e. The van der Waals surface area contributed by atoms with Crippen molar-refractivity contribution in [1.29, 1.82) is 0 Å². The van der Waals surface area contributed by atoms with Crippen LogP contribution < -0.4 is 4.90 Å². The smallest absolute Gasteiger partial charge is 0.162 e. The third kappa shape index (κ3) is 3.78. The van der Waals surface area contributed by atoms with Crippen LogP contribution in [0.3, 0.4) is 0 Å². The molecule has 0 bridgehead atoms. The van der Waals surface area contributed by atoms with Crippen molar-refractivity contribution in [3.63, 3.8) is 0 Å². The Balaban J connectivity index is 1.60. The molecule has 0 saturated heterocycles. The number of benzene rings is 2. The van der Waals surface area contributed by atoms with E-state index in [1.807, 2.05) is 42.6 Å². The van der Waals surface area contributed by atoms with Gasteiger partial charge in [0.25, 0.3) is 0 Å². The quantitative estimate of drug-likeness (QED) is 0.418. The number of pyridine rings is 1. The standard InChI is InChI=1S/C24H19BrN4/c25-21-12-20(14-26-15-21)22-13-23(28-24(27-22)18-7-2-1-3-8-18)29-11-10-17-6-4-5-9-19(17)16-29/h1-9,12-15H,10-11,16H2. The summed E-state index contributed by atoms with van der Waals surface area (Å²) in [4.78, 5) is 16.4. The summed E-state index contributed by atoms with van der Waals surface area (Å²) in [6.07, 6.45) is 4.65. The summed E-state index contributed by atoms with van der Waals surface area (Å²) in [6, 6.07) is 22.9. The van der Waals surface area contributed by atoms with Crippen LogP contribution in [0.5, 0.6) is 0 Å². The number of hydrogen-bond acceptors (Lipinski definition) is 4. The van der Waals surface area contributed by atoms with Gasteiger partial charge in [0.15, 0.2) is 5.82 Å². The molecule has 5 heteroatoms. The number of nitrogens with zero attached hydrogens (tertiary/aromatic N) is 4. The second-order valence-corrected chi connectivity index (χ2v) is 8.05. The summed E-state index contributed by atoms with van der Waals surface area (Å²) in [5.41, 5.74) is 5.65. The minimum absolute atomic E-state index is 0.733. The van der Waals surface area contributed by atoms with E-state index in [2.05, 4.69) is 56.1 Å². The maximum Gasteiger partial charge on any atom is 0.162 e. The van der Waals surface area contributed by atoms with Crippen molar-refractivity contribution < 1.29 is 0 Å². The molecule has 0 N–H and O–H groups in total. The van der Waals surface area contributed by atoms with E-state index in [4.69, 9.17) is 9.97 Å². The molecule has 2 aromatic heterocycles. The van der Waals surface area contributed by atoms with Crippen LogP contribution in [0.25, 0.3) is 22.6 Å². The first kappa shape index (κ1) is 18.0. The van der Waals surface area contributed by atoms with Crippen LogP contribution in [0, 0.1) is 0 Å². The van der Waals surface area contributed by atoms with Gasteiger partial charge in [-0.3, -0.25) is 4.98 Å². The Morgan fingerprint density at radius 2 is 1.59 bits per heavy atom. The van der Waals surface area contributed by atoms with Gasteiger partial charge in [0.1, 0.15) is 5.82 Å². The van der Waals surface area contributed by atoms with Crippen LogP contribution in [0.2, 0.25) is 0 Å². The van der Waals surface area contributed by atoms with Crippen LogP contribution >= 0.6 is 15.9 Å². The Morgan fingerprint density at radius 1 is 0.793 bits per heavy atom. The molecular weight excluding hydrogens is 424 g/mol. The third-order valence-electron chi connectivity index (χ3n) is 5.20. The van der Waals surface area contributed by atoms with E-state index in [1.54, 1.807) is 6.20 Å². The zero-order valence-electron chi connectivity index (χ0n) is 15.8. The van der Waals surface area contributed by atoms with E-state index in [1.165, 1.54) is 11.1 Å². The van der Waals surface area contributed by atoms with Crippen molar-refractivity contribution in [3.05, 3.63) is 94.7 Å². The maximum atomic E-state index is 4.93. The first-order valence-corrected chi connectivity index (χ1v) is 10.4. The van der Waals surface area contributed by atoms with Gasteiger partial charge in [-0.15, -0.1) is 0 Å². The molecule has 5 rings (SSSR count). The fourth-order valence-corrected chi connectivity index (χ4v) is 4.07. The Labute approximate surface area is 178 Å². The average Bonchev–Trinajstić information content (AvgIpc) is 2.79. The highest BCUT2D eigenvalue weighted by Crippen LogP contribution is 2.29. The van der Waals surface area contributed by atoms with Gasteiger partial charge in [0.05, 0.1) is 5.69 Å². The van der Waals surface area contributed by atoms with Gasteiger partial charge >= 0.3 is 0 Å². The molecule has 0 atom stereocenters. The molecule has 0 radical (unpaired) electrons. The van der Waals surface area contributed by atoms with Crippen LogP contribution in [0.1, 0.15) is 11.1 Å². The first-order valence-electron chi connectivity index (χ1n) is 9.63. The van der Waals surface area contributed by atoms with E-state index >= 15 is 0 Å². The molecule has 3 heterocycles. The predicted molar refractivity (Wildman–Crippen MR) is 120 cm³/mol. The molecule has 0 fully saturated rings. The molecule has 0 amide bonds. The van der Waals surface area contributed by atoms with Crippen molar-refractivity contribution in [3.8, 4) is 22.6 Å². The second kappa shape index (κ2) is 7.76. The van der Waals surface area contributed by atoms with E-state index in [-0.39, 0.29) is 0 Å². The van der Waals surface area contributed by atoms with Crippen LogP contribution in [-0.4, -0.2) is 21.5 Å². The molecule has 0 aliphatic carbocycles. The lowest BCUT2D eigenvalue weighted by atomic mass is 10.00. The summed E-state index contributed by atoms with van der Waals surface area (Å²) in [5.74, 6) is 1.68. The van der Waals surface area contributed by atoms with Crippen LogP contribution in [0.4, 0.5) is 5.82 Å². The minimum atomic E-state index is 0.733. The topological polar surface area (TPSA) is 41.9 Å². The van der Waals surface area contributed by atoms with Gasteiger partial charge in [-0.2, -0.15) is 0 Å². The molecule has 2 aromatic carbocycles. The number of halogens is 1. The fraction of sp³-hybridized carbons (Fsp3) is 0.125. The average molecular weight is 443 g/mol. The summed E-state index contributed by atoms with van der Waals surface area (Å²) >= 11 is 3.52. The number of fused-ring (bicyclic) bond motifs is 1. The lowest BCUT2D eigenvalue weighted by Gasteiger charge is -2.30. The predicted octanol–water partition coefficient (Wildman–Crippen LogP) is 5.53. The zero-order valence-corrected chi connectivity index (χ0v) is 17.4. The summed E-state index contributed by atoms with van der Waals surface area (Å²) < 4.78 is 0.934. The lowest BCUT2D eigenvalue weighted by Crippen LogP contribution is -2.31. The van der Waals surface area contributed by atoms with Crippen molar-refractivity contribution in [2.75, 3.05) is 11.4 Å². The largest absolute Gasteiger partial charge is 0.352 e. The van der Waals surface area contributed by atoms with E-state index in [0.717, 1.165) is 52.4 Å². The number of rotatable bonds is 3. The van der Waals surface area contributed by atoms with Gasteiger partial charge in [0, 0.05) is 47.1 Å². The van der Waals surface area contributed by atoms with Crippen LogP contribution in [-0.2, 0) is 13.0 Å². The number of hydrogen-bond donors (Lipinski definition) is 0. The van der Waals surface area contributed by atoms with Crippen molar-refractivity contribution >= 4 is 21.7 Å². The monoisotopic (exact) mass is 442 g/mol. The molecule has 1 aliphatic rings. The van der Waals surface area contributed by atoms with Gasteiger partial charge in [-0.1, -0.05) is 54.6 Å². The summed E-state index contributed by atoms with van der Waals surface area (Å²) in [6.45, 7) is 1.80. The number of aromatic nitrogens is 3. The van der Waals surface area contributed by atoms with E-state index in [9.17, 15) is 0 Å². The summed E-state index contributed by atoms with van der Waals surface area (Å²) in [5, 5.41) is 0. The molecule has 4 aromatic rings. The Bertz CT molecular complexity index is 1160. The highest BCUT2D eigenvalue weighted by Gasteiger charge is 2.19. The van der Waals surface area contributed by atoms with Crippen LogP contribution in [0.15, 0.2) is 83.6 Å². The van der Waals surface area contributed by atoms with Gasteiger partial charge < -0.3 is 4.90 Å². The molecule has 0 saturated carbocycles. The summed E-state index contributed by atoms with van der Waals surface area (Å²) in [7, 11) is 0. The van der Waals surface area contributed by atoms with E-state index in [0.29, 0.717) is 0 Å². The highest BCUT2D eigenvalue weighted by atomic mass is 79.9. The second-order valence-electron chi connectivity index (χ2n) is 7.13. The molecule has 142 valence electrons. The molecule has 0 unspecified atom stereocenters. The van der Waals surface area contributed by atoms with Gasteiger partial charge in [0.2, 0.25) is 0 Å². The number of anilines is 1. The Kier molecular flexibility index (Phi) is 4.82. The van der Waals surface area contributed by atoms with Crippen molar-refractivity contribution in [2.45, 2.75) is 13.0 Å². The van der Waals surface area contributed by atoms with Crippen molar-refractivity contribution in [1.82, 2.24) is 15.0 Å². The highest BCUT2D eigenvalue weighted by molar-refractivity contribution is 9.10. The molecule has 4 nitrogen and oxygen atoms in total. The van der Waals surface area contributed by atoms with E-state index < -0.39 is 0 Å². The van der Waals surface area contributed by atoms with Gasteiger partial charge in [-0.25, -0.2) is 9.97 Å². The Morgan fingerprint density at radius 3 is 2.41 bits per heavy atom. The normalized spacial score (nSPS) is 13.2. The molecule has 1 aliphatic heterocycles. The first-order chi connectivity index (χ1) is 14.3. The lowest BCUT2D eigenvalue weighted by molar-refractivity contribution is 0.720.